The van der Waals surface area contributed by atoms with E-state index in [1.807, 2.05) is 0 Å². The molecule has 0 fully saturated rings. The van der Waals surface area contributed by atoms with Gasteiger partial charge in [-0.1, -0.05) is 6.07 Å². The van der Waals surface area contributed by atoms with E-state index < -0.39 is 4.92 Å². The second-order valence-electron chi connectivity index (χ2n) is 3.28. The Kier molecular flexibility index (Phi) is 2.00. The molecule has 5 heteroatoms. The van der Waals surface area contributed by atoms with E-state index in [0.717, 1.165) is 6.29 Å². The molecule has 0 saturated heterocycles. The van der Waals surface area contributed by atoms with Crippen molar-refractivity contribution in [1.29, 1.82) is 0 Å². The molecule has 2 rings (SSSR count). The van der Waals surface area contributed by atoms with Crippen molar-refractivity contribution in [2.24, 2.45) is 7.05 Å². The molecule has 15 heavy (non-hydrogen) atoms. The lowest BCUT2D eigenvalue weighted by Crippen LogP contribution is -1.85. The maximum Gasteiger partial charge on any atom is 0.294 e. The summed E-state index contributed by atoms with van der Waals surface area (Å²) in [6.07, 6.45) is 2.16. The number of nitrogens with zero attached hydrogens (tertiary/aromatic N) is 2. The van der Waals surface area contributed by atoms with Gasteiger partial charge in [-0.3, -0.25) is 14.9 Å². The number of aryl methyl sites for hydroxylation is 1. The Bertz CT molecular complexity index is 557. The zero-order valence-electron chi connectivity index (χ0n) is 8.01. The fourth-order valence-corrected chi connectivity index (χ4v) is 1.60. The van der Waals surface area contributed by atoms with Gasteiger partial charge in [0.15, 0.2) is 0 Å². The summed E-state index contributed by atoms with van der Waals surface area (Å²) in [5.74, 6) is 0. The van der Waals surface area contributed by atoms with E-state index in [1.165, 1.54) is 6.20 Å². The summed E-state index contributed by atoms with van der Waals surface area (Å²) in [7, 11) is 1.71. The smallest absolute Gasteiger partial charge is 0.294 e. The molecule has 76 valence electrons. The predicted molar refractivity (Wildman–Crippen MR) is 55.0 cm³/mol. The highest BCUT2D eigenvalue weighted by molar-refractivity contribution is 5.93. The first kappa shape index (κ1) is 9.39. The Morgan fingerprint density at radius 3 is 2.80 bits per heavy atom. The molecule has 0 radical (unpaired) electrons. The van der Waals surface area contributed by atoms with Gasteiger partial charge in [-0.25, -0.2) is 0 Å². The Hall–Kier alpha value is -2.17. The highest BCUT2D eigenvalue weighted by Gasteiger charge is 2.15. The number of aldehydes is 1. The SMILES string of the molecule is Cn1cc([N+](=O)[O-])c2ccc(C=O)cc21. The molecule has 0 aliphatic rings. The summed E-state index contributed by atoms with van der Waals surface area (Å²) in [5, 5.41) is 11.3. The maximum absolute atomic E-state index is 10.7. The third kappa shape index (κ3) is 1.38. The molecule has 1 heterocycles. The molecular formula is C10H8N2O3. The molecule has 0 aliphatic carbocycles. The zero-order valence-corrected chi connectivity index (χ0v) is 8.01. The van der Waals surface area contributed by atoms with Gasteiger partial charge in [0.1, 0.15) is 6.29 Å². The lowest BCUT2D eigenvalue weighted by atomic mass is 10.2. The van der Waals surface area contributed by atoms with Gasteiger partial charge >= 0.3 is 0 Å². The van der Waals surface area contributed by atoms with Crippen LogP contribution in [0.3, 0.4) is 0 Å². The minimum absolute atomic E-state index is 0.0601. The van der Waals surface area contributed by atoms with Crippen molar-refractivity contribution in [3.8, 4) is 0 Å². The second-order valence-corrected chi connectivity index (χ2v) is 3.28. The number of rotatable bonds is 2. The number of carbonyl (C=O) groups is 1. The van der Waals surface area contributed by atoms with Gasteiger partial charge in [0, 0.05) is 12.6 Å². The van der Waals surface area contributed by atoms with E-state index in [4.69, 9.17) is 0 Å². The lowest BCUT2D eigenvalue weighted by Gasteiger charge is -1.95. The van der Waals surface area contributed by atoms with E-state index in [9.17, 15) is 14.9 Å². The highest BCUT2D eigenvalue weighted by atomic mass is 16.6. The molecular weight excluding hydrogens is 196 g/mol. The van der Waals surface area contributed by atoms with Crippen molar-refractivity contribution in [2.45, 2.75) is 0 Å². The molecule has 0 atom stereocenters. The molecule has 5 nitrogen and oxygen atoms in total. The molecule has 0 bridgehead atoms. The van der Waals surface area contributed by atoms with Gasteiger partial charge in [0.25, 0.3) is 5.69 Å². The standard InChI is InChI=1S/C10H8N2O3/c1-11-5-10(12(14)15)8-3-2-7(6-13)4-9(8)11/h2-6H,1H3. The number of carbonyl (C=O) groups excluding carboxylic acids is 1. The molecule has 0 aliphatic heterocycles. The number of hydrogen-bond donors (Lipinski definition) is 0. The van der Waals surface area contributed by atoms with E-state index in [2.05, 4.69) is 0 Å². The zero-order chi connectivity index (χ0) is 11.0. The Morgan fingerprint density at radius 1 is 1.47 bits per heavy atom. The van der Waals surface area contributed by atoms with E-state index in [1.54, 1.807) is 29.8 Å². The summed E-state index contributed by atoms with van der Waals surface area (Å²) in [4.78, 5) is 20.8. The van der Waals surface area contributed by atoms with Crippen molar-refractivity contribution < 1.29 is 9.72 Å². The summed E-state index contributed by atoms with van der Waals surface area (Å²) >= 11 is 0. The third-order valence-corrected chi connectivity index (χ3v) is 2.33. The number of benzene rings is 1. The summed E-state index contributed by atoms with van der Waals surface area (Å²) in [6, 6.07) is 4.80. The highest BCUT2D eigenvalue weighted by Crippen LogP contribution is 2.27. The van der Waals surface area contributed by atoms with E-state index in [0.29, 0.717) is 16.5 Å². The van der Waals surface area contributed by atoms with Crippen molar-refractivity contribution in [2.75, 3.05) is 0 Å². The molecule has 0 unspecified atom stereocenters. The van der Waals surface area contributed by atoms with Crippen LogP contribution < -0.4 is 0 Å². The topological polar surface area (TPSA) is 65.1 Å². The summed E-state index contributed by atoms with van der Waals surface area (Å²) < 4.78 is 1.64. The van der Waals surface area contributed by atoms with Crippen molar-refractivity contribution in [3.63, 3.8) is 0 Å². The third-order valence-electron chi connectivity index (χ3n) is 2.33. The second kappa shape index (κ2) is 3.20. The van der Waals surface area contributed by atoms with Crippen LogP contribution in [0.25, 0.3) is 10.9 Å². The Balaban J connectivity index is 2.80. The van der Waals surface area contributed by atoms with Crippen LogP contribution in [-0.2, 0) is 7.05 Å². The maximum atomic E-state index is 10.7. The van der Waals surface area contributed by atoms with E-state index >= 15 is 0 Å². The Labute approximate surface area is 85.1 Å². The van der Waals surface area contributed by atoms with Crippen molar-refractivity contribution in [3.05, 3.63) is 40.1 Å². The average Bonchev–Trinajstić information content (AvgIpc) is 2.56. The number of nitro groups is 1. The van der Waals surface area contributed by atoms with Crippen LogP contribution in [0.5, 0.6) is 0 Å². The molecule has 0 N–H and O–H groups in total. The first-order valence-corrected chi connectivity index (χ1v) is 4.32. The van der Waals surface area contributed by atoms with Gasteiger partial charge in [-0.15, -0.1) is 0 Å². The van der Waals surface area contributed by atoms with Crippen LogP contribution in [0.4, 0.5) is 5.69 Å². The fraction of sp³-hybridized carbons (Fsp3) is 0.100. The fourth-order valence-electron chi connectivity index (χ4n) is 1.60. The van der Waals surface area contributed by atoms with Gasteiger partial charge in [-0.2, -0.15) is 0 Å². The van der Waals surface area contributed by atoms with Crippen LogP contribution in [0.15, 0.2) is 24.4 Å². The lowest BCUT2D eigenvalue weighted by molar-refractivity contribution is -0.383. The molecule has 0 spiro atoms. The normalized spacial score (nSPS) is 10.5. The molecule has 1 aromatic carbocycles. The number of aromatic nitrogens is 1. The van der Waals surface area contributed by atoms with Crippen molar-refractivity contribution in [1.82, 2.24) is 4.57 Å². The van der Waals surface area contributed by atoms with Crippen LogP contribution in [0.1, 0.15) is 10.4 Å². The monoisotopic (exact) mass is 204 g/mol. The van der Waals surface area contributed by atoms with Crippen LogP contribution >= 0.6 is 0 Å². The van der Waals surface area contributed by atoms with Crippen LogP contribution in [0, 0.1) is 10.1 Å². The van der Waals surface area contributed by atoms with Gasteiger partial charge in [-0.05, 0) is 12.1 Å². The summed E-state index contributed by atoms with van der Waals surface area (Å²) in [6.45, 7) is 0. The summed E-state index contributed by atoms with van der Waals surface area (Å²) in [5.41, 5.74) is 1.26. The van der Waals surface area contributed by atoms with Gasteiger partial charge < -0.3 is 4.57 Å². The quantitative estimate of drug-likeness (QED) is 0.426. The van der Waals surface area contributed by atoms with E-state index in [-0.39, 0.29) is 5.69 Å². The van der Waals surface area contributed by atoms with Crippen LogP contribution in [-0.4, -0.2) is 15.8 Å². The number of hydrogen-bond acceptors (Lipinski definition) is 3. The Morgan fingerprint density at radius 2 is 2.20 bits per heavy atom. The molecule has 2 aromatic rings. The predicted octanol–water partition coefficient (Wildman–Crippen LogP) is 1.90. The first-order chi connectivity index (χ1) is 7.13. The van der Waals surface area contributed by atoms with Gasteiger partial charge in [0.2, 0.25) is 0 Å². The minimum atomic E-state index is -0.428. The van der Waals surface area contributed by atoms with Crippen molar-refractivity contribution >= 4 is 22.9 Å². The van der Waals surface area contributed by atoms with Crippen LogP contribution in [0.2, 0.25) is 0 Å². The minimum Gasteiger partial charge on any atom is -0.344 e. The van der Waals surface area contributed by atoms with Gasteiger partial charge in [0.05, 0.1) is 22.0 Å². The molecule has 0 saturated carbocycles. The molecule has 1 aromatic heterocycles. The molecule has 0 amide bonds. The largest absolute Gasteiger partial charge is 0.344 e. The number of fused-ring (bicyclic) bond motifs is 1. The first-order valence-electron chi connectivity index (χ1n) is 4.32. The average molecular weight is 204 g/mol.